The van der Waals surface area contributed by atoms with Gasteiger partial charge in [0.05, 0.1) is 12.6 Å². The largest absolute Gasteiger partial charge is 0.348 e. The highest BCUT2D eigenvalue weighted by atomic mass is 16.2. The second kappa shape index (κ2) is 6.17. The van der Waals surface area contributed by atoms with Crippen LogP contribution in [0.4, 0.5) is 0 Å². The number of hydrogen-bond acceptors (Lipinski definition) is 3. The van der Waals surface area contributed by atoms with Crippen molar-refractivity contribution in [3.63, 3.8) is 0 Å². The van der Waals surface area contributed by atoms with Crippen LogP contribution in [-0.4, -0.2) is 36.5 Å². The van der Waals surface area contributed by atoms with Crippen LogP contribution in [0.2, 0.25) is 0 Å². The molecule has 1 aliphatic rings. The minimum atomic E-state index is 0.0463. The first kappa shape index (κ1) is 14.0. The molecule has 19 heavy (non-hydrogen) atoms. The first-order chi connectivity index (χ1) is 9.06. The molecule has 1 aromatic carbocycles. The molecular weight excluding hydrogens is 238 g/mol. The van der Waals surface area contributed by atoms with Gasteiger partial charge in [-0.15, -0.1) is 0 Å². The highest BCUT2D eigenvalue weighted by Gasteiger charge is 2.21. The molecule has 104 valence electrons. The molecule has 1 aliphatic heterocycles. The lowest BCUT2D eigenvalue weighted by Crippen LogP contribution is -2.38. The van der Waals surface area contributed by atoms with Crippen LogP contribution < -0.4 is 11.1 Å². The first-order valence-corrected chi connectivity index (χ1v) is 6.89. The molecule has 0 aliphatic carbocycles. The van der Waals surface area contributed by atoms with Gasteiger partial charge in [0.15, 0.2) is 0 Å². The van der Waals surface area contributed by atoms with Crippen molar-refractivity contribution >= 4 is 5.91 Å². The molecule has 1 saturated heterocycles. The van der Waals surface area contributed by atoms with Crippen molar-refractivity contribution in [2.75, 3.05) is 19.6 Å². The molecule has 0 bridgehead atoms. The zero-order valence-electron chi connectivity index (χ0n) is 11.7. The third-order valence-electron chi connectivity index (χ3n) is 3.71. The van der Waals surface area contributed by atoms with Gasteiger partial charge in [0.25, 0.3) is 0 Å². The summed E-state index contributed by atoms with van der Waals surface area (Å²) in [6, 6.07) is 8.42. The van der Waals surface area contributed by atoms with E-state index in [0.29, 0.717) is 6.54 Å². The number of aryl methyl sites for hydroxylation is 1. The van der Waals surface area contributed by atoms with Gasteiger partial charge in [-0.2, -0.15) is 0 Å². The Labute approximate surface area is 115 Å². The highest BCUT2D eigenvalue weighted by Crippen LogP contribution is 2.16. The lowest BCUT2D eigenvalue weighted by atomic mass is 10.0. The maximum atomic E-state index is 12.0. The van der Waals surface area contributed by atoms with E-state index in [9.17, 15) is 4.79 Å². The second-order valence-corrected chi connectivity index (χ2v) is 5.43. The predicted octanol–water partition coefficient (Wildman–Crippen LogP) is 1.21. The molecule has 2 atom stereocenters. The molecule has 1 aromatic rings. The topological polar surface area (TPSA) is 58.4 Å². The Morgan fingerprint density at radius 1 is 1.53 bits per heavy atom. The van der Waals surface area contributed by atoms with Gasteiger partial charge in [0, 0.05) is 19.1 Å². The van der Waals surface area contributed by atoms with Crippen molar-refractivity contribution in [1.82, 2.24) is 10.2 Å². The van der Waals surface area contributed by atoms with Gasteiger partial charge < -0.3 is 11.1 Å². The Balaban J connectivity index is 1.87. The summed E-state index contributed by atoms with van der Waals surface area (Å²) < 4.78 is 0. The van der Waals surface area contributed by atoms with Crippen LogP contribution in [0.5, 0.6) is 0 Å². The number of nitrogens with one attached hydrogen (secondary N) is 1. The molecule has 3 N–H and O–H groups in total. The number of carbonyl (C=O) groups is 1. The van der Waals surface area contributed by atoms with Crippen molar-refractivity contribution in [3.8, 4) is 0 Å². The quantitative estimate of drug-likeness (QED) is 0.856. The minimum absolute atomic E-state index is 0.0463. The van der Waals surface area contributed by atoms with Crippen molar-refractivity contribution in [3.05, 3.63) is 35.4 Å². The molecule has 1 fully saturated rings. The van der Waals surface area contributed by atoms with Crippen molar-refractivity contribution in [2.45, 2.75) is 32.4 Å². The molecule has 0 radical (unpaired) electrons. The van der Waals surface area contributed by atoms with Gasteiger partial charge in [-0.25, -0.2) is 0 Å². The van der Waals surface area contributed by atoms with E-state index in [1.54, 1.807) is 0 Å². The Morgan fingerprint density at radius 3 is 2.89 bits per heavy atom. The molecule has 0 spiro atoms. The monoisotopic (exact) mass is 261 g/mol. The maximum absolute atomic E-state index is 12.0. The van der Waals surface area contributed by atoms with Gasteiger partial charge in [0.2, 0.25) is 5.91 Å². The summed E-state index contributed by atoms with van der Waals surface area (Å²) in [6.07, 6.45) is 0.987. The molecule has 2 rings (SSSR count). The SMILES string of the molecule is Cc1ccccc1C(C)NC(=O)CN1CC[C@@H](N)C1. The van der Waals surface area contributed by atoms with E-state index in [1.165, 1.54) is 11.1 Å². The van der Waals surface area contributed by atoms with E-state index in [1.807, 2.05) is 19.1 Å². The number of benzene rings is 1. The average Bonchev–Trinajstić information content (AvgIpc) is 2.74. The maximum Gasteiger partial charge on any atom is 0.234 e. The van der Waals surface area contributed by atoms with Crippen molar-refractivity contribution in [2.24, 2.45) is 5.73 Å². The molecule has 4 nitrogen and oxygen atoms in total. The van der Waals surface area contributed by atoms with Crippen LogP contribution in [0, 0.1) is 6.92 Å². The van der Waals surface area contributed by atoms with Crippen LogP contribution in [0.1, 0.15) is 30.5 Å². The number of nitrogens with zero attached hydrogens (tertiary/aromatic N) is 1. The summed E-state index contributed by atoms with van der Waals surface area (Å²) in [4.78, 5) is 14.1. The van der Waals surface area contributed by atoms with E-state index in [4.69, 9.17) is 5.73 Å². The predicted molar refractivity (Wildman–Crippen MR) is 76.8 cm³/mol. The zero-order chi connectivity index (χ0) is 13.8. The smallest absolute Gasteiger partial charge is 0.234 e. The van der Waals surface area contributed by atoms with Gasteiger partial charge in [-0.3, -0.25) is 9.69 Å². The van der Waals surface area contributed by atoms with E-state index in [2.05, 4.69) is 29.3 Å². The third-order valence-corrected chi connectivity index (χ3v) is 3.71. The van der Waals surface area contributed by atoms with Crippen molar-refractivity contribution < 1.29 is 4.79 Å². The zero-order valence-corrected chi connectivity index (χ0v) is 11.7. The van der Waals surface area contributed by atoms with Crippen LogP contribution in [0.3, 0.4) is 0 Å². The fourth-order valence-corrected chi connectivity index (χ4v) is 2.65. The standard InChI is InChI=1S/C15H23N3O/c1-11-5-3-4-6-14(11)12(2)17-15(19)10-18-8-7-13(16)9-18/h3-6,12-13H,7-10,16H2,1-2H3,(H,17,19)/t12?,13-/m1/s1. The highest BCUT2D eigenvalue weighted by molar-refractivity contribution is 5.78. The van der Waals surface area contributed by atoms with Gasteiger partial charge >= 0.3 is 0 Å². The fraction of sp³-hybridized carbons (Fsp3) is 0.533. The van der Waals surface area contributed by atoms with Crippen LogP contribution in [0.15, 0.2) is 24.3 Å². The summed E-state index contributed by atoms with van der Waals surface area (Å²) in [7, 11) is 0. The van der Waals surface area contributed by atoms with Gasteiger partial charge in [-0.1, -0.05) is 24.3 Å². The third kappa shape index (κ3) is 3.78. The number of carbonyl (C=O) groups excluding carboxylic acids is 1. The molecule has 0 aromatic heterocycles. The van der Waals surface area contributed by atoms with Gasteiger partial charge in [0.1, 0.15) is 0 Å². The first-order valence-electron chi connectivity index (χ1n) is 6.89. The number of nitrogens with two attached hydrogens (primary N) is 1. The molecular formula is C15H23N3O. The average molecular weight is 261 g/mol. The number of amides is 1. The van der Waals surface area contributed by atoms with Gasteiger partial charge in [-0.05, 0) is 31.4 Å². The van der Waals surface area contributed by atoms with E-state index >= 15 is 0 Å². The molecule has 0 saturated carbocycles. The number of hydrogen-bond donors (Lipinski definition) is 2. The van der Waals surface area contributed by atoms with Crippen LogP contribution in [0.25, 0.3) is 0 Å². The fourth-order valence-electron chi connectivity index (χ4n) is 2.65. The Hall–Kier alpha value is -1.39. The number of rotatable bonds is 4. The van der Waals surface area contributed by atoms with Crippen LogP contribution >= 0.6 is 0 Å². The summed E-state index contributed by atoms with van der Waals surface area (Å²) in [5.41, 5.74) is 8.22. The Morgan fingerprint density at radius 2 is 2.26 bits per heavy atom. The minimum Gasteiger partial charge on any atom is -0.348 e. The summed E-state index contributed by atoms with van der Waals surface area (Å²) >= 11 is 0. The lowest BCUT2D eigenvalue weighted by molar-refractivity contribution is -0.122. The Bertz CT molecular complexity index is 447. The second-order valence-electron chi connectivity index (χ2n) is 5.43. The van der Waals surface area contributed by atoms with E-state index in [0.717, 1.165) is 19.5 Å². The molecule has 1 amide bonds. The summed E-state index contributed by atoms with van der Waals surface area (Å²) in [5.74, 6) is 0.0739. The van der Waals surface area contributed by atoms with E-state index in [-0.39, 0.29) is 18.0 Å². The summed E-state index contributed by atoms with van der Waals surface area (Å²) in [5, 5.41) is 3.06. The van der Waals surface area contributed by atoms with E-state index < -0.39 is 0 Å². The Kier molecular flexibility index (Phi) is 4.56. The molecule has 1 unspecified atom stereocenters. The molecule has 1 heterocycles. The van der Waals surface area contributed by atoms with Crippen LogP contribution in [-0.2, 0) is 4.79 Å². The lowest BCUT2D eigenvalue weighted by Gasteiger charge is -2.19. The summed E-state index contributed by atoms with van der Waals surface area (Å²) in [6.45, 7) is 6.29. The molecule has 4 heteroatoms. The normalized spacial score (nSPS) is 21.3. The number of likely N-dealkylation sites (tertiary alicyclic amines) is 1. The van der Waals surface area contributed by atoms with Crippen molar-refractivity contribution in [1.29, 1.82) is 0 Å².